The predicted molar refractivity (Wildman–Crippen MR) is 73.1 cm³/mol. The van der Waals surface area contributed by atoms with Gasteiger partial charge >= 0.3 is 0 Å². The van der Waals surface area contributed by atoms with Gasteiger partial charge < -0.3 is 5.73 Å². The molecule has 3 heteroatoms. The predicted octanol–water partition coefficient (Wildman–Crippen LogP) is 2.46. The Hall–Kier alpha value is -1.61. The van der Waals surface area contributed by atoms with Gasteiger partial charge in [-0.05, 0) is 42.9 Å². The molecule has 1 saturated carbocycles. The van der Waals surface area contributed by atoms with E-state index in [9.17, 15) is 0 Å². The standard InChI is InChI=1S/C15H19N3/c16-7-6-12-2-1-3-14(8-12)15-9-17-18(11-15)10-13-4-5-13/h1-3,8-9,11,13H,4-7,10,16H2. The number of nitrogens with two attached hydrogens (primary N) is 1. The highest BCUT2D eigenvalue weighted by Crippen LogP contribution is 2.31. The highest BCUT2D eigenvalue weighted by atomic mass is 15.3. The maximum atomic E-state index is 5.60. The normalized spacial score (nSPS) is 14.9. The zero-order valence-electron chi connectivity index (χ0n) is 10.5. The van der Waals surface area contributed by atoms with Gasteiger partial charge in [0.05, 0.1) is 6.20 Å². The Balaban J connectivity index is 1.79. The summed E-state index contributed by atoms with van der Waals surface area (Å²) < 4.78 is 2.07. The van der Waals surface area contributed by atoms with E-state index in [1.165, 1.54) is 29.5 Å². The molecule has 0 amide bonds. The van der Waals surface area contributed by atoms with Gasteiger partial charge in [0, 0.05) is 18.3 Å². The Morgan fingerprint density at radius 2 is 2.17 bits per heavy atom. The number of aromatic nitrogens is 2. The van der Waals surface area contributed by atoms with Crippen molar-refractivity contribution >= 4 is 0 Å². The van der Waals surface area contributed by atoms with Gasteiger partial charge in [0.1, 0.15) is 0 Å². The molecule has 0 aliphatic heterocycles. The first-order chi connectivity index (χ1) is 8.85. The maximum Gasteiger partial charge on any atom is 0.0568 e. The molecule has 3 rings (SSSR count). The largest absolute Gasteiger partial charge is 0.330 e. The van der Waals surface area contributed by atoms with E-state index < -0.39 is 0 Å². The molecule has 1 aromatic carbocycles. The van der Waals surface area contributed by atoms with Gasteiger partial charge in [-0.15, -0.1) is 0 Å². The molecule has 18 heavy (non-hydrogen) atoms. The highest BCUT2D eigenvalue weighted by Gasteiger charge is 2.21. The summed E-state index contributed by atoms with van der Waals surface area (Å²) in [4.78, 5) is 0. The van der Waals surface area contributed by atoms with E-state index in [4.69, 9.17) is 5.73 Å². The van der Waals surface area contributed by atoms with Gasteiger partial charge in [-0.3, -0.25) is 4.68 Å². The lowest BCUT2D eigenvalue weighted by Gasteiger charge is -2.02. The quantitative estimate of drug-likeness (QED) is 0.874. The number of hydrogen-bond acceptors (Lipinski definition) is 2. The lowest BCUT2D eigenvalue weighted by Crippen LogP contribution is -2.02. The van der Waals surface area contributed by atoms with Crippen LogP contribution in [0.3, 0.4) is 0 Å². The van der Waals surface area contributed by atoms with Gasteiger partial charge in [-0.2, -0.15) is 5.10 Å². The summed E-state index contributed by atoms with van der Waals surface area (Å²) in [7, 11) is 0. The lowest BCUT2D eigenvalue weighted by molar-refractivity contribution is 0.563. The fourth-order valence-corrected chi connectivity index (χ4v) is 2.25. The summed E-state index contributed by atoms with van der Waals surface area (Å²) in [6.07, 6.45) is 7.77. The molecule has 2 aromatic rings. The molecular weight excluding hydrogens is 222 g/mol. The third kappa shape index (κ3) is 2.62. The Bertz CT molecular complexity index is 526. The minimum absolute atomic E-state index is 0.699. The second-order valence-corrected chi connectivity index (χ2v) is 5.13. The van der Waals surface area contributed by atoms with E-state index in [-0.39, 0.29) is 0 Å². The zero-order chi connectivity index (χ0) is 12.4. The SMILES string of the molecule is NCCc1cccc(-c2cnn(CC3CC3)c2)c1. The summed E-state index contributed by atoms with van der Waals surface area (Å²) >= 11 is 0. The molecule has 94 valence electrons. The first-order valence-corrected chi connectivity index (χ1v) is 6.67. The molecular formula is C15H19N3. The minimum Gasteiger partial charge on any atom is -0.330 e. The van der Waals surface area contributed by atoms with Gasteiger partial charge in [-0.1, -0.05) is 24.3 Å². The summed E-state index contributed by atoms with van der Waals surface area (Å²) in [6.45, 7) is 1.77. The van der Waals surface area contributed by atoms with Crippen molar-refractivity contribution in [1.82, 2.24) is 9.78 Å². The van der Waals surface area contributed by atoms with Crippen molar-refractivity contribution in [3.63, 3.8) is 0 Å². The molecule has 0 spiro atoms. The van der Waals surface area contributed by atoms with Crippen molar-refractivity contribution in [2.75, 3.05) is 6.54 Å². The van der Waals surface area contributed by atoms with E-state index >= 15 is 0 Å². The monoisotopic (exact) mass is 241 g/mol. The second-order valence-electron chi connectivity index (χ2n) is 5.13. The van der Waals surface area contributed by atoms with Crippen LogP contribution in [0.25, 0.3) is 11.1 Å². The Morgan fingerprint density at radius 3 is 2.94 bits per heavy atom. The average Bonchev–Trinajstić information content (AvgIpc) is 3.06. The summed E-state index contributed by atoms with van der Waals surface area (Å²) in [5, 5.41) is 4.44. The van der Waals surface area contributed by atoms with Crippen LogP contribution in [-0.4, -0.2) is 16.3 Å². The van der Waals surface area contributed by atoms with Crippen molar-refractivity contribution in [3.8, 4) is 11.1 Å². The fraction of sp³-hybridized carbons (Fsp3) is 0.400. The molecule has 1 heterocycles. The molecule has 0 unspecified atom stereocenters. The average molecular weight is 241 g/mol. The molecule has 1 aromatic heterocycles. The first-order valence-electron chi connectivity index (χ1n) is 6.67. The minimum atomic E-state index is 0.699. The lowest BCUT2D eigenvalue weighted by atomic mass is 10.0. The number of hydrogen-bond donors (Lipinski definition) is 1. The van der Waals surface area contributed by atoms with Crippen LogP contribution >= 0.6 is 0 Å². The summed E-state index contributed by atoms with van der Waals surface area (Å²) in [5.41, 5.74) is 9.34. The van der Waals surface area contributed by atoms with E-state index in [1.807, 2.05) is 6.20 Å². The van der Waals surface area contributed by atoms with Crippen LogP contribution in [-0.2, 0) is 13.0 Å². The van der Waals surface area contributed by atoms with E-state index in [0.29, 0.717) is 6.54 Å². The fourth-order valence-electron chi connectivity index (χ4n) is 2.25. The first kappa shape index (κ1) is 11.5. The van der Waals surface area contributed by atoms with Crippen LogP contribution in [0.4, 0.5) is 0 Å². The van der Waals surface area contributed by atoms with Crippen LogP contribution in [0.15, 0.2) is 36.7 Å². The smallest absolute Gasteiger partial charge is 0.0568 e. The molecule has 0 bridgehead atoms. The van der Waals surface area contributed by atoms with Crippen LogP contribution < -0.4 is 5.73 Å². The van der Waals surface area contributed by atoms with Crippen LogP contribution in [0, 0.1) is 5.92 Å². The summed E-state index contributed by atoms with van der Waals surface area (Å²) in [6, 6.07) is 8.58. The van der Waals surface area contributed by atoms with E-state index in [1.54, 1.807) is 0 Å². The number of rotatable bonds is 5. The maximum absolute atomic E-state index is 5.60. The molecule has 2 N–H and O–H groups in total. The molecule has 0 radical (unpaired) electrons. The van der Waals surface area contributed by atoms with Crippen molar-refractivity contribution in [2.24, 2.45) is 11.7 Å². The van der Waals surface area contributed by atoms with E-state index in [2.05, 4.69) is 40.2 Å². The Labute approximate surface area is 108 Å². The summed E-state index contributed by atoms with van der Waals surface area (Å²) in [5.74, 6) is 0.862. The van der Waals surface area contributed by atoms with Gasteiger partial charge in [-0.25, -0.2) is 0 Å². The molecule has 0 saturated heterocycles. The van der Waals surface area contributed by atoms with Crippen molar-refractivity contribution in [1.29, 1.82) is 0 Å². The highest BCUT2D eigenvalue weighted by molar-refractivity contribution is 5.62. The number of benzene rings is 1. The van der Waals surface area contributed by atoms with Gasteiger partial charge in [0.25, 0.3) is 0 Å². The number of nitrogens with zero attached hydrogens (tertiary/aromatic N) is 2. The van der Waals surface area contributed by atoms with Crippen LogP contribution in [0.5, 0.6) is 0 Å². The molecule has 0 atom stereocenters. The molecule has 1 fully saturated rings. The van der Waals surface area contributed by atoms with Crippen LogP contribution in [0.2, 0.25) is 0 Å². The topological polar surface area (TPSA) is 43.8 Å². The molecule has 1 aliphatic carbocycles. The zero-order valence-corrected chi connectivity index (χ0v) is 10.5. The van der Waals surface area contributed by atoms with Gasteiger partial charge in [0.15, 0.2) is 0 Å². The molecule has 3 nitrogen and oxygen atoms in total. The van der Waals surface area contributed by atoms with Gasteiger partial charge in [0.2, 0.25) is 0 Å². The van der Waals surface area contributed by atoms with Crippen LogP contribution in [0.1, 0.15) is 18.4 Å². The van der Waals surface area contributed by atoms with E-state index in [0.717, 1.165) is 18.9 Å². The van der Waals surface area contributed by atoms with Crippen molar-refractivity contribution in [3.05, 3.63) is 42.2 Å². The third-order valence-electron chi connectivity index (χ3n) is 3.47. The Morgan fingerprint density at radius 1 is 1.28 bits per heavy atom. The second kappa shape index (κ2) is 4.94. The molecule has 1 aliphatic rings. The Kier molecular flexibility index (Phi) is 3.15. The third-order valence-corrected chi connectivity index (χ3v) is 3.47. The van der Waals surface area contributed by atoms with Crippen molar-refractivity contribution < 1.29 is 0 Å². The van der Waals surface area contributed by atoms with Crippen molar-refractivity contribution in [2.45, 2.75) is 25.8 Å².